The Morgan fingerprint density at radius 2 is 2.23 bits per heavy atom. The molecule has 0 saturated carbocycles. The third-order valence-electron chi connectivity index (χ3n) is 3.05. The van der Waals surface area contributed by atoms with Crippen LogP contribution in [0.15, 0.2) is 36.4 Å². The number of nitro groups is 1. The van der Waals surface area contributed by atoms with Crippen molar-refractivity contribution in [3.63, 3.8) is 0 Å². The monoisotopic (exact) mass is 300 g/mol. The van der Waals surface area contributed by atoms with Gasteiger partial charge >= 0.3 is 0 Å². The summed E-state index contributed by atoms with van der Waals surface area (Å²) in [5, 5.41) is 17.6. The van der Waals surface area contributed by atoms with Crippen LogP contribution in [0.25, 0.3) is 6.08 Å². The summed E-state index contributed by atoms with van der Waals surface area (Å²) in [7, 11) is 1.81. The van der Waals surface area contributed by atoms with E-state index in [9.17, 15) is 14.9 Å². The molecule has 0 spiro atoms. The molecular weight excluding hydrogens is 284 g/mol. The van der Waals surface area contributed by atoms with Crippen LogP contribution in [0.3, 0.4) is 0 Å². The van der Waals surface area contributed by atoms with E-state index in [0.29, 0.717) is 12.1 Å². The molecule has 7 nitrogen and oxygen atoms in total. The first-order valence-corrected chi connectivity index (χ1v) is 6.65. The maximum Gasteiger partial charge on any atom is 0.270 e. The molecule has 0 fully saturated rings. The Labute approximate surface area is 127 Å². The predicted octanol–water partition coefficient (Wildman–Crippen LogP) is 1.97. The van der Waals surface area contributed by atoms with Gasteiger partial charge in [0.1, 0.15) is 0 Å². The average Bonchev–Trinajstić information content (AvgIpc) is 2.81. The van der Waals surface area contributed by atoms with Gasteiger partial charge in [-0.2, -0.15) is 5.10 Å². The van der Waals surface area contributed by atoms with Crippen LogP contribution < -0.4 is 5.32 Å². The Morgan fingerprint density at radius 3 is 2.86 bits per heavy atom. The van der Waals surface area contributed by atoms with Crippen LogP contribution >= 0.6 is 0 Å². The average molecular weight is 300 g/mol. The minimum absolute atomic E-state index is 0.00656. The van der Waals surface area contributed by atoms with Crippen molar-refractivity contribution in [1.29, 1.82) is 0 Å². The normalized spacial score (nSPS) is 10.8. The Bertz CT molecular complexity index is 734. The molecule has 0 atom stereocenters. The molecule has 114 valence electrons. The molecule has 1 heterocycles. The largest absolute Gasteiger partial charge is 0.347 e. The zero-order valence-electron chi connectivity index (χ0n) is 12.3. The molecule has 0 unspecified atom stereocenters. The van der Waals surface area contributed by atoms with Gasteiger partial charge in [0.05, 0.1) is 22.9 Å². The fourth-order valence-electron chi connectivity index (χ4n) is 1.98. The summed E-state index contributed by atoms with van der Waals surface area (Å²) in [5.74, 6) is -0.273. The second-order valence-corrected chi connectivity index (χ2v) is 4.80. The van der Waals surface area contributed by atoms with E-state index in [1.807, 2.05) is 20.0 Å². The Morgan fingerprint density at radius 1 is 1.45 bits per heavy atom. The van der Waals surface area contributed by atoms with Gasteiger partial charge in [-0.15, -0.1) is 0 Å². The maximum atomic E-state index is 11.8. The highest BCUT2D eigenvalue weighted by Gasteiger charge is 2.05. The molecule has 2 rings (SSSR count). The van der Waals surface area contributed by atoms with Gasteiger partial charge in [-0.3, -0.25) is 19.6 Å². The van der Waals surface area contributed by atoms with E-state index in [2.05, 4.69) is 10.4 Å². The van der Waals surface area contributed by atoms with Gasteiger partial charge in [-0.1, -0.05) is 12.1 Å². The van der Waals surface area contributed by atoms with Crippen LogP contribution in [0.5, 0.6) is 0 Å². The van der Waals surface area contributed by atoms with Crippen molar-refractivity contribution < 1.29 is 9.72 Å². The Hall–Kier alpha value is -2.96. The molecule has 0 aliphatic rings. The molecular formula is C15H16N4O3. The molecule has 0 radical (unpaired) electrons. The third kappa shape index (κ3) is 4.02. The number of non-ortho nitro benzene ring substituents is 1. The maximum absolute atomic E-state index is 11.8. The number of rotatable bonds is 5. The smallest absolute Gasteiger partial charge is 0.270 e. The number of aryl methyl sites for hydroxylation is 2. The second-order valence-electron chi connectivity index (χ2n) is 4.80. The topological polar surface area (TPSA) is 90.1 Å². The number of nitrogens with zero attached hydrogens (tertiary/aromatic N) is 3. The molecule has 0 aliphatic carbocycles. The van der Waals surface area contributed by atoms with Crippen LogP contribution in [-0.4, -0.2) is 20.6 Å². The van der Waals surface area contributed by atoms with Crippen LogP contribution in [0.2, 0.25) is 0 Å². The lowest BCUT2D eigenvalue weighted by Gasteiger charge is -2.02. The lowest BCUT2D eigenvalue weighted by Crippen LogP contribution is -2.21. The van der Waals surface area contributed by atoms with E-state index in [4.69, 9.17) is 0 Å². The van der Waals surface area contributed by atoms with Crippen molar-refractivity contribution >= 4 is 17.7 Å². The molecule has 1 N–H and O–H groups in total. The fraction of sp³-hybridized carbons (Fsp3) is 0.200. The van der Waals surface area contributed by atoms with E-state index in [1.54, 1.807) is 16.8 Å². The summed E-state index contributed by atoms with van der Waals surface area (Å²) in [4.78, 5) is 22.0. The van der Waals surface area contributed by atoms with E-state index in [0.717, 1.165) is 11.4 Å². The quantitative estimate of drug-likeness (QED) is 0.519. The number of benzene rings is 1. The first-order valence-electron chi connectivity index (χ1n) is 6.65. The van der Waals surface area contributed by atoms with Crippen molar-refractivity contribution in [2.75, 3.05) is 0 Å². The van der Waals surface area contributed by atoms with Gasteiger partial charge in [0, 0.05) is 25.3 Å². The zero-order valence-corrected chi connectivity index (χ0v) is 12.3. The van der Waals surface area contributed by atoms with Gasteiger partial charge in [0.15, 0.2) is 0 Å². The summed E-state index contributed by atoms with van der Waals surface area (Å²) >= 11 is 0. The Kier molecular flexibility index (Phi) is 4.67. The molecule has 1 aromatic carbocycles. The SMILES string of the molecule is Cc1cc(CNC(=O)/C=C/c2cccc([N+](=O)[O-])c2)n(C)n1. The molecule has 1 amide bonds. The molecule has 0 saturated heterocycles. The van der Waals surface area contributed by atoms with E-state index < -0.39 is 4.92 Å². The van der Waals surface area contributed by atoms with Crippen LogP contribution in [0, 0.1) is 17.0 Å². The summed E-state index contributed by atoms with van der Waals surface area (Å²) in [6.45, 7) is 2.25. The predicted molar refractivity (Wildman–Crippen MR) is 81.9 cm³/mol. The second kappa shape index (κ2) is 6.66. The summed E-state index contributed by atoms with van der Waals surface area (Å²) in [5.41, 5.74) is 2.38. The highest BCUT2D eigenvalue weighted by Crippen LogP contribution is 2.14. The number of amides is 1. The Balaban J connectivity index is 1.95. The highest BCUT2D eigenvalue weighted by molar-refractivity contribution is 5.91. The standard InChI is InChI=1S/C15H16N4O3/c1-11-8-14(18(2)17-11)10-16-15(20)7-6-12-4-3-5-13(9-12)19(21)22/h3-9H,10H2,1-2H3,(H,16,20)/b7-6+. The summed E-state index contributed by atoms with van der Waals surface area (Å²) in [6.07, 6.45) is 2.89. The van der Waals surface area contributed by atoms with Crippen molar-refractivity contribution in [2.45, 2.75) is 13.5 Å². The number of aromatic nitrogens is 2. The minimum Gasteiger partial charge on any atom is -0.347 e. The van der Waals surface area contributed by atoms with Gasteiger partial charge < -0.3 is 5.32 Å². The molecule has 1 aromatic heterocycles. The van der Waals surface area contributed by atoms with Gasteiger partial charge in [0.2, 0.25) is 5.91 Å². The minimum atomic E-state index is -0.470. The lowest BCUT2D eigenvalue weighted by atomic mass is 10.2. The molecule has 2 aromatic rings. The van der Waals surface area contributed by atoms with Crippen LogP contribution in [0.4, 0.5) is 5.69 Å². The molecule has 7 heteroatoms. The molecule has 22 heavy (non-hydrogen) atoms. The van der Waals surface area contributed by atoms with Crippen molar-refractivity contribution in [1.82, 2.24) is 15.1 Å². The van der Waals surface area contributed by atoms with Gasteiger partial charge in [0.25, 0.3) is 5.69 Å². The van der Waals surface area contributed by atoms with Crippen LogP contribution in [0.1, 0.15) is 17.0 Å². The molecule has 0 aliphatic heterocycles. The van der Waals surface area contributed by atoms with Crippen molar-refractivity contribution in [3.05, 3.63) is 63.5 Å². The fourth-order valence-corrected chi connectivity index (χ4v) is 1.98. The summed E-state index contributed by atoms with van der Waals surface area (Å²) < 4.78 is 1.71. The third-order valence-corrected chi connectivity index (χ3v) is 3.05. The lowest BCUT2D eigenvalue weighted by molar-refractivity contribution is -0.384. The number of carbonyl (C=O) groups is 1. The van der Waals surface area contributed by atoms with Crippen LogP contribution in [-0.2, 0) is 18.4 Å². The first kappa shape index (κ1) is 15.4. The van der Waals surface area contributed by atoms with E-state index >= 15 is 0 Å². The highest BCUT2D eigenvalue weighted by atomic mass is 16.6. The number of carbonyl (C=O) groups excluding carboxylic acids is 1. The first-order chi connectivity index (χ1) is 10.5. The van der Waals surface area contributed by atoms with E-state index in [1.165, 1.54) is 24.3 Å². The number of nitro benzene ring substituents is 1. The molecule has 0 bridgehead atoms. The number of hydrogen-bond donors (Lipinski definition) is 1. The zero-order chi connectivity index (χ0) is 16.1. The van der Waals surface area contributed by atoms with Gasteiger partial charge in [-0.05, 0) is 24.6 Å². The van der Waals surface area contributed by atoms with Gasteiger partial charge in [-0.25, -0.2) is 0 Å². The van der Waals surface area contributed by atoms with E-state index in [-0.39, 0.29) is 11.6 Å². The number of nitrogens with one attached hydrogen (secondary N) is 1. The van der Waals surface area contributed by atoms with Crippen molar-refractivity contribution in [3.8, 4) is 0 Å². The van der Waals surface area contributed by atoms with Crippen molar-refractivity contribution in [2.24, 2.45) is 7.05 Å². The summed E-state index contributed by atoms with van der Waals surface area (Å²) in [6, 6.07) is 7.98. The number of hydrogen-bond acceptors (Lipinski definition) is 4.